The number of amides is 1. The molecule has 2 aromatic heterocycles. The van der Waals surface area contributed by atoms with Crippen molar-refractivity contribution in [1.82, 2.24) is 14.9 Å². The molecule has 5 N–H and O–H groups in total. The third kappa shape index (κ3) is 3.51. The largest absolute Gasteiger partial charge is 0.458 e. The maximum Gasteiger partial charge on any atom is 0.343 e. The first-order valence-electron chi connectivity index (χ1n) is 13.8. The van der Waals surface area contributed by atoms with Crippen LogP contribution >= 0.6 is 0 Å². The molecule has 7 rings (SSSR count). The number of nitrogens with zero attached hydrogens (tertiary/aromatic N) is 2. The summed E-state index contributed by atoms with van der Waals surface area (Å²) in [6, 6.07) is 2.19. The SMILES string of the molecule is CC[C@@]1(O)C(=O)OCc2c1cc1n(c2=O)Cc2c-1nc1cc(F)c(C)c3c1c2[C@@H](NC(=O)C1OC(O)C(O)C1O)CC3. The molecule has 1 saturated heterocycles. The number of aliphatic hydroxyl groups excluding tert-OH is 3. The highest BCUT2D eigenvalue weighted by atomic mass is 19.1. The van der Waals surface area contributed by atoms with Crippen LogP contribution in [0, 0.1) is 12.7 Å². The smallest absolute Gasteiger partial charge is 0.343 e. The van der Waals surface area contributed by atoms with Gasteiger partial charge in [-0.1, -0.05) is 6.92 Å². The fourth-order valence-corrected chi connectivity index (χ4v) is 6.83. The molecular formula is C29H28FN3O9. The summed E-state index contributed by atoms with van der Waals surface area (Å²) in [6.07, 6.45) is -5.81. The Labute approximate surface area is 237 Å². The number of fused-ring (bicyclic) bond motifs is 5. The fourth-order valence-electron chi connectivity index (χ4n) is 6.83. The van der Waals surface area contributed by atoms with Gasteiger partial charge < -0.3 is 39.8 Å². The minimum atomic E-state index is -2.01. The summed E-state index contributed by atoms with van der Waals surface area (Å²) < 4.78 is 26.8. The van der Waals surface area contributed by atoms with Gasteiger partial charge in [0.15, 0.2) is 18.0 Å². The lowest BCUT2D eigenvalue weighted by molar-refractivity contribution is -0.172. The number of esters is 1. The second-order valence-corrected chi connectivity index (χ2v) is 11.3. The number of pyridine rings is 2. The third-order valence-corrected chi connectivity index (χ3v) is 9.19. The average molecular weight is 582 g/mol. The van der Waals surface area contributed by atoms with Gasteiger partial charge in [-0.05, 0) is 48.9 Å². The Morgan fingerprint density at radius 1 is 1.19 bits per heavy atom. The molecule has 3 aliphatic heterocycles. The lowest BCUT2D eigenvalue weighted by Gasteiger charge is -2.31. The molecule has 4 unspecified atom stereocenters. The van der Waals surface area contributed by atoms with E-state index in [4.69, 9.17) is 14.5 Å². The molecule has 0 spiro atoms. The Morgan fingerprint density at radius 3 is 2.64 bits per heavy atom. The number of rotatable bonds is 3. The monoisotopic (exact) mass is 581 g/mol. The van der Waals surface area contributed by atoms with Gasteiger partial charge in [-0.2, -0.15) is 0 Å². The number of hydrogen-bond acceptors (Lipinski definition) is 10. The lowest BCUT2D eigenvalue weighted by Crippen LogP contribution is -2.44. The van der Waals surface area contributed by atoms with Crippen LogP contribution in [0.25, 0.3) is 22.3 Å². The predicted molar refractivity (Wildman–Crippen MR) is 141 cm³/mol. The number of benzene rings is 1. The van der Waals surface area contributed by atoms with Crippen molar-refractivity contribution in [2.75, 3.05) is 0 Å². The molecule has 13 heteroatoms. The second kappa shape index (κ2) is 9.12. The molecule has 42 heavy (non-hydrogen) atoms. The van der Waals surface area contributed by atoms with Gasteiger partial charge in [-0.3, -0.25) is 9.59 Å². The molecule has 1 fully saturated rings. The Kier molecular flexibility index (Phi) is 5.89. The van der Waals surface area contributed by atoms with E-state index < -0.39 is 59.5 Å². The molecule has 3 aromatic rings. The predicted octanol–water partition coefficient (Wildman–Crippen LogP) is 0.0696. The number of nitrogens with one attached hydrogen (secondary N) is 1. The van der Waals surface area contributed by atoms with Crippen LogP contribution in [-0.2, 0) is 44.2 Å². The van der Waals surface area contributed by atoms with Crippen LogP contribution in [0.5, 0.6) is 0 Å². The number of carbonyl (C=O) groups excluding carboxylic acids is 2. The Balaban J connectivity index is 1.42. The molecule has 0 radical (unpaired) electrons. The van der Waals surface area contributed by atoms with E-state index in [-0.39, 0.29) is 30.7 Å². The van der Waals surface area contributed by atoms with Gasteiger partial charge in [0, 0.05) is 22.6 Å². The maximum atomic E-state index is 15.1. The number of aromatic nitrogens is 2. The van der Waals surface area contributed by atoms with Crippen molar-refractivity contribution in [3.05, 3.63) is 61.7 Å². The number of halogens is 1. The van der Waals surface area contributed by atoms with E-state index in [1.165, 1.54) is 10.6 Å². The first kappa shape index (κ1) is 27.1. The van der Waals surface area contributed by atoms with Crippen molar-refractivity contribution >= 4 is 22.8 Å². The van der Waals surface area contributed by atoms with Crippen LogP contribution in [0.4, 0.5) is 4.39 Å². The summed E-state index contributed by atoms with van der Waals surface area (Å²) in [4.78, 5) is 44.2. The molecule has 12 nitrogen and oxygen atoms in total. The molecule has 220 valence electrons. The number of aliphatic hydroxyl groups is 4. The van der Waals surface area contributed by atoms with Gasteiger partial charge in [-0.25, -0.2) is 14.2 Å². The molecule has 6 atom stereocenters. The minimum Gasteiger partial charge on any atom is -0.458 e. The molecule has 0 bridgehead atoms. The van der Waals surface area contributed by atoms with Crippen molar-refractivity contribution in [3.63, 3.8) is 0 Å². The zero-order valence-corrected chi connectivity index (χ0v) is 22.7. The van der Waals surface area contributed by atoms with E-state index in [0.29, 0.717) is 51.8 Å². The third-order valence-electron chi connectivity index (χ3n) is 9.19. The molecule has 1 aliphatic carbocycles. The van der Waals surface area contributed by atoms with Gasteiger partial charge in [0.1, 0.15) is 24.6 Å². The normalized spacial score (nSPS) is 29.2. The standard InChI is InChI=1S/C29H28FN3O9/c1-3-29(40)14-6-18-21-12(8-33(18)26(37)13(14)9-41-28(29)39)20-16(32-25(36)24-22(34)23(35)27(38)42-24)5-4-11-10(2)15(30)7-17(31-21)19(11)20/h6-7,16,22-24,27,34-35,38,40H,3-5,8-9H2,1-2H3,(H,32,36)/t16-,22?,23?,24?,27?,29-/m0/s1. The molecule has 1 amide bonds. The zero-order valence-electron chi connectivity index (χ0n) is 22.7. The van der Waals surface area contributed by atoms with Gasteiger partial charge in [0.2, 0.25) is 0 Å². The first-order chi connectivity index (χ1) is 20.0. The van der Waals surface area contributed by atoms with Gasteiger partial charge >= 0.3 is 5.97 Å². The van der Waals surface area contributed by atoms with E-state index >= 15 is 4.39 Å². The summed E-state index contributed by atoms with van der Waals surface area (Å²) in [5, 5.41) is 44.6. The second-order valence-electron chi connectivity index (χ2n) is 11.3. The summed E-state index contributed by atoms with van der Waals surface area (Å²) >= 11 is 0. The van der Waals surface area contributed by atoms with E-state index in [1.54, 1.807) is 19.9 Å². The van der Waals surface area contributed by atoms with E-state index in [9.17, 15) is 34.8 Å². The number of carbonyl (C=O) groups is 2. The average Bonchev–Trinajstić information content (AvgIpc) is 3.46. The molecule has 1 aromatic carbocycles. The van der Waals surface area contributed by atoms with Gasteiger partial charge in [0.05, 0.1) is 35.1 Å². The van der Waals surface area contributed by atoms with Crippen LogP contribution in [0.1, 0.15) is 59.2 Å². The lowest BCUT2D eigenvalue weighted by atomic mass is 9.81. The van der Waals surface area contributed by atoms with Crippen molar-refractivity contribution in [2.24, 2.45) is 0 Å². The van der Waals surface area contributed by atoms with Gasteiger partial charge in [-0.15, -0.1) is 0 Å². The quantitative estimate of drug-likeness (QED) is 0.208. The zero-order chi connectivity index (χ0) is 29.8. The van der Waals surface area contributed by atoms with Crippen LogP contribution in [0.15, 0.2) is 16.9 Å². The minimum absolute atomic E-state index is 0.0224. The maximum absolute atomic E-state index is 15.1. The molecule has 0 saturated carbocycles. The highest BCUT2D eigenvalue weighted by Gasteiger charge is 2.48. The van der Waals surface area contributed by atoms with Crippen molar-refractivity contribution in [3.8, 4) is 11.4 Å². The molecule has 4 aliphatic rings. The number of hydrogen-bond donors (Lipinski definition) is 5. The Hall–Kier alpha value is -3.75. The van der Waals surface area contributed by atoms with Crippen molar-refractivity contribution < 1.29 is 43.9 Å². The highest BCUT2D eigenvalue weighted by Crippen LogP contribution is 2.46. The summed E-state index contributed by atoms with van der Waals surface area (Å²) in [5.74, 6) is -2.05. The van der Waals surface area contributed by atoms with Crippen LogP contribution < -0.4 is 10.9 Å². The van der Waals surface area contributed by atoms with Crippen molar-refractivity contribution in [1.29, 1.82) is 0 Å². The van der Waals surface area contributed by atoms with Crippen molar-refractivity contribution in [2.45, 2.75) is 82.5 Å². The van der Waals surface area contributed by atoms with E-state index in [1.807, 2.05) is 0 Å². The summed E-state index contributed by atoms with van der Waals surface area (Å²) in [6.45, 7) is 3.05. The van der Waals surface area contributed by atoms with Crippen LogP contribution in [0.3, 0.4) is 0 Å². The highest BCUT2D eigenvalue weighted by molar-refractivity contribution is 5.94. The van der Waals surface area contributed by atoms with Crippen LogP contribution in [-0.4, -0.2) is 66.5 Å². The number of aryl methyl sites for hydroxylation is 1. The number of cyclic esters (lactones) is 1. The number of ether oxygens (including phenoxy) is 2. The Morgan fingerprint density at radius 2 is 1.95 bits per heavy atom. The molecule has 5 heterocycles. The van der Waals surface area contributed by atoms with Gasteiger partial charge in [0.25, 0.3) is 11.5 Å². The topological polar surface area (TPSA) is 180 Å². The summed E-state index contributed by atoms with van der Waals surface area (Å²) in [5.41, 5.74) is 1.25. The fraction of sp³-hybridized carbons (Fsp3) is 0.448. The Bertz CT molecular complexity index is 1790. The molecular weight excluding hydrogens is 553 g/mol. The van der Waals surface area contributed by atoms with E-state index in [0.717, 1.165) is 5.56 Å². The first-order valence-corrected chi connectivity index (χ1v) is 13.8. The van der Waals surface area contributed by atoms with Crippen LogP contribution in [0.2, 0.25) is 0 Å². The summed E-state index contributed by atoms with van der Waals surface area (Å²) in [7, 11) is 0. The van der Waals surface area contributed by atoms with E-state index in [2.05, 4.69) is 5.32 Å².